The molecule has 1 aromatic rings. The molecule has 0 saturated carbocycles. The lowest BCUT2D eigenvalue weighted by molar-refractivity contribution is 0.521. The SMILES string of the molecule is Cc1cc(C)c(CCl)c(N2CCCC(C)CC2)n1. The third kappa shape index (κ3) is 2.97. The highest BCUT2D eigenvalue weighted by Gasteiger charge is 2.18. The van der Waals surface area contributed by atoms with E-state index in [0.717, 1.165) is 30.5 Å². The van der Waals surface area contributed by atoms with Crippen molar-refractivity contribution in [2.45, 2.75) is 45.9 Å². The van der Waals surface area contributed by atoms with E-state index in [9.17, 15) is 0 Å². The van der Waals surface area contributed by atoms with Gasteiger partial charge in [-0.25, -0.2) is 4.98 Å². The zero-order chi connectivity index (χ0) is 13.1. The molecule has 0 spiro atoms. The average molecular weight is 267 g/mol. The molecule has 0 bridgehead atoms. The summed E-state index contributed by atoms with van der Waals surface area (Å²) in [5.41, 5.74) is 3.57. The van der Waals surface area contributed by atoms with Crippen LogP contribution in [-0.4, -0.2) is 18.1 Å². The van der Waals surface area contributed by atoms with E-state index in [4.69, 9.17) is 16.6 Å². The highest BCUT2D eigenvalue weighted by Crippen LogP contribution is 2.27. The second kappa shape index (κ2) is 5.92. The first-order chi connectivity index (χ1) is 8.61. The molecule has 1 aliphatic rings. The Morgan fingerprint density at radius 3 is 2.83 bits per heavy atom. The third-order valence-corrected chi connectivity index (χ3v) is 4.17. The van der Waals surface area contributed by atoms with Gasteiger partial charge in [0.05, 0.1) is 5.88 Å². The summed E-state index contributed by atoms with van der Waals surface area (Å²) < 4.78 is 0. The fourth-order valence-electron chi connectivity index (χ4n) is 2.75. The number of anilines is 1. The maximum absolute atomic E-state index is 6.11. The number of halogens is 1. The molecule has 0 radical (unpaired) electrons. The van der Waals surface area contributed by atoms with E-state index in [2.05, 4.69) is 31.7 Å². The maximum atomic E-state index is 6.11. The summed E-state index contributed by atoms with van der Waals surface area (Å²) in [6.45, 7) is 8.78. The number of rotatable bonds is 2. The Bertz CT molecular complexity index is 417. The molecule has 2 nitrogen and oxygen atoms in total. The summed E-state index contributed by atoms with van der Waals surface area (Å²) in [6, 6.07) is 2.13. The van der Waals surface area contributed by atoms with Crippen LogP contribution < -0.4 is 4.90 Å². The normalized spacial score (nSPS) is 20.9. The molecular formula is C15H23ClN2. The standard InChI is InChI=1S/C15H23ClN2/c1-11-5-4-7-18(8-6-11)15-14(10-16)12(2)9-13(3)17-15/h9,11H,4-8,10H2,1-3H3. The first kappa shape index (κ1) is 13.7. The topological polar surface area (TPSA) is 16.1 Å². The Morgan fingerprint density at radius 2 is 2.11 bits per heavy atom. The van der Waals surface area contributed by atoms with Gasteiger partial charge < -0.3 is 4.90 Å². The minimum absolute atomic E-state index is 0.556. The van der Waals surface area contributed by atoms with Gasteiger partial charge in [0.15, 0.2) is 0 Å². The van der Waals surface area contributed by atoms with E-state index in [1.165, 1.54) is 30.4 Å². The third-order valence-electron chi connectivity index (χ3n) is 3.90. The monoisotopic (exact) mass is 266 g/mol. The highest BCUT2D eigenvalue weighted by molar-refractivity contribution is 6.17. The van der Waals surface area contributed by atoms with E-state index in [1.807, 2.05) is 0 Å². The van der Waals surface area contributed by atoms with Crippen molar-refractivity contribution in [2.75, 3.05) is 18.0 Å². The molecule has 1 aliphatic heterocycles. The van der Waals surface area contributed by atoms with Crippen LogP contribution in [0.25, 0.3) is 0 Å². The molecule has 100 valence electrons. The second-order valence-corrected chi connectivity index (χ2v) is 5.81. The van der Waals surface area contributed by atoms with Gasteiger partial charge in [0.2, 0.25) is 0 Å². The van der Waals surface area contributed by atoms with Crippen LogP contribution in [0.5, 0.6) is 0 Å². The van der Waals surface area contributed by atoms with Crippen molar-refractivity contribution in [3.63, 3.8) is 0 Å². The van der Waals surface area contributed by atoms with Gasteiger partial charge in [0, 0.05) is 24.3 Å². The average Bonchev–Trinajstić information content (AvgIpc) is 2.53. The second-order valence-electron chi connectivity index (χ2n) is 5.54. The quantitative estimate of drug-likeness (QED) is 0.751. The molecular weight excluding hydrogens is 244 g/mol. The molecule has 3 heteroatoms. The van der Waals surface area contributed by atoms with Crippen LogP contribution in [0.4, 0.5) is 5.82 Å². The van der Waals surface area contributed by atoms with Crippen molar-refractivity contribution in [2.24, 2.45) is 5.92 Å². The fraction of sp³-hybridized carbons (Fsp3) is 0.667. The number of alkyl halides is 1. The van der Waals surface area contributed by atoms with Gasteiger partial charge >= 0.3 is 0 Å². The molecule has 2 heterocycles. The fourth-order valence-corrected chi connectivity index (χ4v) is 3.08. The van der Waals surface area contributed by atoms with Gasteiger partial charge in [-0.1, -0.05) is 6.92 Å². The van der Waals surface area contributed by atoms with Crippen molar-refractivity contribution in [1.29, 1.82) is 0 Å². The highest BCUT2D eigenvalue weighted by atomic mass is 35.5. The van der Waals surface area contributed by atoms with Crippen LogP contribution >= 0.6 is 11.6 Å². The number of aromatic nitrogens is 1. The number of nitrogens with zero attached hydrogens (tertiary/aromatic N) is 2. The molecule has 1 aromatic heterocycles. The van der Waals surface area contributed by atoms with Crippen molar-refractivity contribution < 1.29 is 0 Å². The predicted octanol–water partition coefficient (Wildman–Crippen LogP) is 4.06. The molecule has 1 saturated heterocycles. The van der Waals surface area contributed by atoms with Crippen molar-refractivity contribution in [3.8, 4) is 0 Å². The lowest BCUT2D eigenvalue weighted by atomic mass is 10.0. The molecule has 1 unspecified atom stereocenters. The molecule has 2 rings (SSSR count). The molecule has 1 fully saturated rings. The van der Waals surface area contributed by atoms with E-state index in [-0.39, 0.29) is 0 Å². The first-order valence-electron chi connectivity index (χ1n) is 6.90. The van der Waals surface area contributed by atoms with Crippen molar-refractivity contribution in [1.82, 2.24) is 4.98 Å². The van der Waals surface area contributed by atoms with Crippen LogP contribution in [0, 0.1) is 19.8 Å². The van der Waals surface area contributed by atoms with Gasteiger partial charge in [0.1, 0.15) is 5.82 Å². The Hall–Kier alpha value is -0.760. The molecule has 0 aromatic carbocycles. The van der Waals surface area contributed by atoms with Crippen LogP contribution in [0.15, 0.2) is 6.07 Å². The minimum atomic E-state index is 0.556. The molecule has 1 atom stereocenters. The number of aryl methyl sites for hydroxylation is 2. The molecule has 0 amide bonds. The van der Waals surface area contributed by atoms with Crippen LogP contribution in [0.3, 0.4) is 0 Å². The van der Waals surface area contributed by atoms with Crippen molar-refractivity contribution in [3.05, 3.63) is 22.9 Å². The van der Waals surface area contributed by atoms with Crippen LogP contribution in [-0.2, 0) is 5.88 Å². The number of pyridine rings is 1. The summed E-state index contributed by atoms with van der Waals surface area (Å²) >= 11 is 6.11. The minimum Gasteiger partial charge on any atom is -0.356 e. The summed E-state index contributed by atoms with van der Waals surface area (Å²) in [5, 5.41) is 0. The molecule has 18 heavy (non-hydrogen) atoms. The smallest absolute Gasteiger partial charge is 0.133 e. The molecule has 0 aliphatic carbocycles. The van der Waals surface area contributed by atoms with Crippen LogP contribution in [0.2, 0.25) is 0 Å². The summed E-state index contributed by atoms with van der Waals surface area (Å²) in [4.78, 5) is 7.17. The Morgan fingerprint density at radius 1 is 1.33 bits per heavy atom. The van der Waals surface area contributed by atoms with Gasteiger partial charge in [0.25, 0.3) is 0 Å². The zero-order valence-corrected chi connectivity index (χ0v) is 12.4. The van der Waals surface area contributed by atoms with E-state index < -0.39 is 0 Å². The van der Waals surface area contributed by atoms with E-state index in [1.54, 1.807) is 0 Å². The van der Waals surface area contributed by atoms with Crippen LogP contribution in [0.1, 0.15) is 43.0 Å². The van der Waals surface area contributed by atoms with Crippen molar-refractivity contribution >= 4 is 17.4 Å². The van der Waals surface area contributed by atoms with Gasteiger partial charge in [-0.05, 0) is 50.7 Å². The Balaban J connectivity index is 2.31. The first-order valence-corrected chi connectivity index (χ1v) is 7.43. The Kier molecular flexibility index (Phi) is 4.50. The van der Waals surface area contributed by atoms with Gasteiger partial charge in [-0.15, -0.1) is 11.6 Å². The van der Waals surface area contributed by atoms with Gasteiger partial charge in [-0.3, -0.25) is 0 Å². The van der Waals surface area contributed by atoms with E-state index in [0.29, 0.717) is 5.88 Å². The lowest BCUT2D eigenvalue weighted by Gasteiger charge is -2.25. The summed E-state index contributed by atoms with van der Waals surface area (Å²) in [6.07, 6.45) is 3.85. The molecule has 0 N–H and O–H groups in total. The number of hydrogen-bond donors (Lipinski definition) is 0. The number of hydrogen-bond acceptors (Lipinski definition) is 2. The van der Waals surface area contributed by atoms with E-state index >= 15 is 0 Å². The lowest BCUT2D eigenvalue weighted by Crippen LogP contribution is -2.26. The predicted molar refractivity (Wildman–Crippen MR) is 78.5 cm³/mol. The maximum Gasteiger partial charge on any atom is 0.133 e. The van der Waals surface area contributed by atoms with Gasteiger partial charge in [-0.2, -0.15) is 0 Å². The zero-order valence-electron chi connectivity index (χ0n) is 11.7. The summed E-state index contributed by atoms with van der Waals surface area (Å²) in [5.74, 6) is 2.51. The largest absolute Gasteiger partial charge is 0.356 e. The summed E-state index contributed by atoms with van der Waals surface area (Å²) in [7, 11) is 0. The Labute approximate surface area is 115 Å².